The van der Waals surface area contributed by atoms with Gasteiger partial charge in [0.1, 0.15) is 12.3 Å². The first-order valence-electron chi connectivity index (χ1n) is 5.61. The standard InChI is InChI=1S/C10H18FN3O2/c1-6-4-14(5-9(16-6)10(12)15)8-3-13-2-7(8)11/h6-9,13H,2-5H2,1H3,(H2,12,15). The van der Waals surface area contributed by atoms with Gasteiger partial charge >= 0.3 is 0 Å². The van der Waals surface area contributed by atoms with Crippen molar-refractivity contribution in [1.82, 2.24) is 10.2 Å². The Kier molecular flexibility index (Phi) is 3.41. The van der Waals surface area contributed by atoms with Gasteiger partial charge in [-0.25, -0.2) is 4.39 Å². The molecule has 0 aliphatic carbocycles. The Hall–Kier alpha value is -0.720. The Morgan fingerprint density at radius 3 is 2.81 bits per heavy atom. The van der Waals surface area contributed by atoms with E-state index in [0.717, 1.165) is 0 Å². The molecule has 16 heavy (non-hydrogen) atoms. The van der Waals surface area contributed by atoms with Crippen molar-refractivity contribution in [2.45, 2.75) is 31.3 Å². The van der Waals surface area contributed by atoms with Crippen LogP contribution < -0.4 is 11.1 Å². The molecule has 2 aliphatic rings. The number of nitrogens with zero attached hydrogens (tertiary/aromatic N) is 1. The van der Waals surface area contributed by atoms with E-state index in [-0.39, 0.29) is 12.1 Å². The van der Waals surface area contributed by atoms with Gasteiger partial charge in [-0.1, -0.05) is 0 Å². The SMILES string of the molecule is CC1CN(C2CNCC2F)CC(C(N)=O)O1. The molecule has 0 saturated carbocycles. The second-order valence-corrected chi connectivity index (χ2v) is 4.53. The van der Waals surface area contributed by atoms with Crippen LogP contribution in [0.2, 0.25) is 0 Å². The fraction of sp³-hybridized carbons (Fsp3) is 0.900. The highest BCUT2D eigenvalue weighted by molar-refractivity contribution is 5.79. The topological polar surface area (TPSA) is 67.6 Å². The van der Waals surface area contributed by atoms with E-state index in [0.29, 0.717) is 26.2 Å². The van der Waals surface area contributed by atoms with E-state index < -0.39 is 18.2 Å². The first-order valence-corrected chi connectivity index (χ1v) is 5.61. The summed E-state index contributed by atoms with van der Waals surface area (Å²) in [5, 5.41) is 3.00. The molecule has 2 heterocycles. The number of ether oxygens (including phenoxy) is 1. The number of amides is 1. The molecule has 0 aromatic heterocycles. The van der Waals surface area contributed by atoms with Crippen molar-refractivity contribution in [2.24, 2.45) is 5.73 Å². The highest BCUT2D eigenvalue weighted by Gasteiger charge is 2.38. The number of carbonyl (C=O) groups excluding carboxylic acids is 1. The molecular weight excluding hydrogens is 213 g/mol. The van der Waals surface area contributed by atoms with Gasteiger partial charge < -0.3 is 15.8 Å². The quantitative estimate of drug-likeness (QED) is 0.631. The highest BCUT2D eigenvalue weighted by Crippen LogP contribution is 2.19. The molecule has 0 aromatic carbocycles. The van der Waals surface area contributed by atoms with E-state index in [2.05, 4.69) is 5.32 Å². The van der Waals surface area contributed by atoms with Crippen molar-refractivity contribution in [3.8, 4) is 0 Å². The van der Waals surface area contributed by atoms with Gasteiger partial charge in [-0.05, 0) is 6.92 Å². The molecule has 4 atom stereocenters. The summed E-state index contributed by atoms with van der Waals surface area (Å²) < 4.78 is 19.0. The minimum absolute atomic E-state index is 0.0842. The molecule has 0 bridgehead atoms. The number of morpholine rings is 1. The summed E-state index contributed by atoms with van der Waals surface area (Å²) in [4.78, 5) is 13.1. The molecule has 6 heteroatoms. The maximum absolute atomic E-state index is 13.6. The molecule has 1 amide bonds. The van der Waals surface area contributed by atoms with Crippen LogP contribution in [0.1, 0.15) is 6.92 Å². The lowest BCUT2D eigenvalue weighted by molar-refractivity contribution is -0.145. The number of carbonyl (C=O) groups is 1. The molecule has 2 fully saturated rings. The Labute approximate surface area is 94.1 Å². The predicted octanol–water partition coefficient (Wildman–Crippen LogP) is -1.13. The number of nitrogens with two attached hydrogens (primary N) is 1. The summed E-state index contributed by atoms with van der Waals surface area (Å²) in [7, 11) is 0. The van der Waals surface area contributed by atoms with E-state index >= 15 is 0 Å². The molecule has 92 valence electrons. The summed E-state index contributed by atoms with van der Waals surface area (Å²) in [5.74, 6) is -0.474. The Morgan fingerprint density at radius 1 is 1.50 bits per heavy atom. The largest absolute Gasteiger partial charge is 0.367 e. The third-order valence-corrected chi connectivity index (χ3v) is 3.19. The number of alkyl halides is 1. The van der Waals surface area contributed by atoms with Gasteiger partial charge in [0.2, 0.25) is 5.91 Å². The third kappa shape index (κ3) is 2.34. The van der Waals surface area contributed by atoms with Crippen LogP contribution in [0.15, 0.2) is 0 Å². The van der Waals surface area contributed by atoms with Gasteiger partial charge in [0.25, 0.3) is 0 Å². The van der Waals surface area contributed by atoms with Gasteiger partial charge in [-0.3, -0.25) is 9.69 Å². The van der Waals surface area contributed by atoms with Gasteiger partial charge in [0.15, 0.2) is 0 Å². The highest BCUT2D eigenvalue weighted by atomic mass is 19.1. The molecule has 2 aliphatic heterocycles. The second kappa shape index (κ2) is 4.65. The van der Waals surface area contributed by atoms with Crippen LogP contribution in [-0.4, -0.2) is 61.4 Å². The van der Waals surface area contributed by atoms with E-state index in [1.165, 1.54) is 0 Å². The van der Waals surface area contributed by atoms with Gasteiger partial charge in [-0.2, -0.15) is 0 Å². The predicted molar refractivity (Wildman–Crippen MR) is 56.7 cm³/mol. The van der Waals surface area contributed by atoms with Crippen LogP contribution in [0.4, 0.5) is 4.39 Å². The number of halogens is 1. The molecule has 2 saturated heterocycles. The molecule has 0 aromatic rings. The molecule has 3 N–H and O–H groups in total. The van der Waals surface area contributed by atoms with Gasteiger partial charge in [-0.15, -0.1) is 0 Å². The lowest BCUT2D eigenvalue weighted by Gasteiger charge is -2.39. The molecule has 4 unspecified atom stereocenters. The lowest BCUT2D eigenvalue weighted by atomic mass is 10.1. The molecule has 0 spiro atoms. The van der Waals surface area contributed by atoms with Crippen LogP contribution in [0, 0.1) is 0 Å². The molecule has 0 radical (unpaired) electrons. The zero-order chi connectivity index (χ0) is 11.7. The maximum Gasteiger partial charge on any atom is 0.247 e. The van der Waals surface area contributed by atoms with Gasteiger partial charge in [0, 0.05) is 26.2 Å². The second-order valence-electron chi connectivity index (χ2n) is 4.53. The number of primary amides is 1. The van der Waals surface area contributed by atoms with E-state index in [9.17, 15) is 9.18 Å². The fourth-order valence-electron chi connectivity index (χ4n) is 2.40. The van der Waals surface area contributed by atoms with E-state index in [1.54, 1.807) is 0 Å². The molecule has 2 rings (SSSR count). The first-order chi connectivity index (χ1) is 7.58. The summed E-state index contributed by atoms with van der Waals surface area (Å²) >= 11 is 0. The molecule has 5 nitrogen and oxygen atoms in total. The van der Waals surface area contributed by atoms with Crippen LogP contribution in [-0.2, 0) is 9.53 Å². The Bertz CT molecular complexity index is 277. The maximum atomic E-state index is 13.6. The van der Waals surface area contributed by atoms with E-state index in [1.807, 2.05) is 11.8 Å². The number of rotatable bonds is 2. The van der Waals surface area contributed by atoms with Crippen molar-refractivity contribution >= 4 is 5.91 Å². The smallest absolute Gasteiger partial charge is 0.247 e. The minimum Gasteiger partial charge on any atom is -0.367 e. The summed E-state index contributed by atoms with van der Waals surface area (Å²) in [6, 6.07) is -0.159. The van der Waals surface area contributed by atoms with Gasteiger partial charge in [0.05, 0.1) is 12.1 Å². The Morgan fingerprint density at radius 2 is 2.25 bits per heavy atom. The van der Waals surface area contributed by atoms with E-state index in [4.69, 9.17) is 10.5 Å². The number of hydrogen-bond acceptors (Lipinski definition) is 4. The van der Waals surface area contributed by atoms with Crippen molar-refractivity contribution in [3.05, 3.63) is 0 Å². The summed E-state index contributed by atoms with van der Waals surface area (Å²) in [6.07, 6.45) is -1.57. The average molecular weight is 231 g/mol. The van der Waals surface area contributed by atoms with Crippen molar-refractivity contribution in [3.63, 3.8) is 0 Å². The number of hydrogen-bond donors (Lipinski definition) is 2. The zero-order valence-electron chi connectivity index (χ0n) is 9.36. The van der Waals surface area contributed by atoms with Crippen molar-refractivity contribution in [2.75, 3.05) is 26.2 Å². The van der Waals surface area contributed by atoms with Crippen molar-refractivity contribution < 1.29 is 13.9 Å². The normalized spacial score (nSPS) is 41.1. The summed E-state index contributed by atoms with van der Waals surface area (Å²) in [5.41, 5.74) is 5.22. The van der Waals surface area contributed by atoms with Crippen LogP contribution in [0.25, 0.3) is 0 Å². The average Bonchev–Trinajstić information content (AvgIpc) is 2.63. The van der Waals surface area contributed by atoms with Crippen molar-refractivity contribution in [1.29, 1.82) is 0 Å². The third-order valence-electron chi connectivity index (χ3n) is 3.19. The van der Waals surface area contributed by atoms with Crippen LogP contribution >= 0.6 is 0 Å². The summed E-state index contributed by atoms with van der Waals surface area (Å²) in [6.45, 7) is 3.93. The first kappa shape index (κ1) is 11.8. The van der Waals surface area contributed by atoms with Crippen LogP contribution in [0.5, 0.6) is 0 Å². The number of nitrogens with one attached hydrogen (secondary N) is 1. The monoisotopic (exact) mass is 231 g/mol. The molecular formula is C10H18FN3O2. The lowest BCUT2D eigenvalue weighted by Crippen LogP contribution is -2.56. The zero-order valence-corrected chi connectivity index (χ0v) is 9.36. The van der Waals surface area contributed by atoms with Crippen LogP contribution in [0.3, 0.4) is 0 Å². The fourth-order valence-corrected chi connectivity index (χ4v) is 2.40. The minimum atomic E-state index is -0.876. The Balaban J connectivity index is 2.01.